The Labute approximate surface area is 231 Å². The van der Waals surface area contributed by atoms with Gasteiger partial charge in [0.2, 0.25) is 0 Å². The third kappa shape index (κ3) is 2.69. The summed E-state index contributed by atoms with van der Waals surface area (Å²) in [6.45, 7) is 13.4. The van der Waals surface area contributed by atoms with Crippen LogP contribution in [0.4, 0.5) is 0 Å². The number of nitrogens with zero attached hydrogens (tertiary/aromatic N) is 5. The fourth-order valence-corrected chi connectivity index (χ4v) is 6.90. The molecular formula is C35H28N5+. The second-order valence-corrected chi connectivity index (χ2v) is 10.7. The number of pyridine rings is 1. The van der Waals surface area contributed by atoms with E-state index in [2.05, 4.69) is 108 Å². The van der Waals surface area contributed by atoms with E-state index in [1.54, 1.807) is 0 Å². The molecule has 7 aromatic rings. The lowest BCUT2D eigenvalue weighted by atomic mass is 9.78. The van der Waals surface area contributed by atoms with Gasteiger partial charge < -0.3 is 0 Å². The maximum absolute atomic E-state index is 4.99. The van der Waals surface area contributed by atoms with Crippen molar-refractivity contribution in [3.05, 3.63) is 122 Å². The topological polar surface area (TPSA) is 39.0 Å². The minimum absolute atomic E-state index is 0.442. The number of fused-ring (bicyclic) bond motifs is 6. The summed E-state index contributed by atoms with van der Waals surface area (Å²) in [5.74, 6) is 0.702. The van der Waals surface area contributed by atoms with Crippen LogP contribution in [0.3, 0.4) is 0 Å². The van der Waals surface area contributed by atoms with Crippen LogP contribution in [0.25, 0.3) is 61.0 Å². The van der Waals surface area contributed by atoms with Gasteiger partial charge in [0.1, 0.15) is 11.8 Å². The SMILES string of the molecule is C=C[C@]1(CC)C(=C)c2ccc(-c3ncn(-c4ccccc4C)n3)c3c4ccccc4n4c5ccccc5[n+]1c4c23. The van der Waals surface area contributed by atoms with Gasteiger partial charge in [-0.3, -0.25) is 0 Å². The Morgan fingerprint density at radius 2 is 1.60 bits per heavy atom. The van der Waals surface area contributed by atoms with Crippen LogP contribution in [0.1, 0.15) is 24.5 Å². The largest absolute Gasteiger partial charge is 0.297 e. The lowest BCUT2D eigenvalue weighted by molar-refractivity contribution is -0.690. The molecule has 4 aromatic carbocycles. The Balaban J connectivity index is 1.59. The molecule has 8 rings (SSSR count). The first kappa shape index (κ1) is 22.9. The zero-order valence-corrected chi connectivity index (χ0v) is 22.6. The summed E-state index contributed by atoms with van der Waals surface area (Å²) >= 11 is 0. The van der Waals surface area contributed by atoms with Crippen LogP contribution < -0.4 is 4.57 Å². The number of para-hydroxylation sites is 4. The number of aryl methyl sites for hydroxylation is 1. The highest BCUT2D eigenvalue weighted by Crippen LogP contribution is 2.47. The fourth-order valence-electron chi connectivity index (χ4n) is 6.90. The lowest BCUT2D eigenvalue weighted by Gasteiger charge is -2.33. The van der Waals surface area contributed by atoms with E-state index in [9.17, 15) is 0 Å². The first-order chi connectivity index (χ1) is 19.6. The molecule has 0 unspecified atom stereocenters. The van der Waals surface area contributed by atoms with E-state index in [0.717, 1.165) is 56.3 Å². The molecule has 3 aromatic heterocycles. The molecule has 1 aliphatic heterocycles. The monoisotopic (exact) mass is 518 g/mol. The molecule has 40 heavy (non-hydrogen) atoms. The highest BCUT2D eigenvalue weighted by atomic mass is 15.3. The molecule has 0 radical (unpaired) electrons. The molecule has 0 spiro atoms. The quantitative estimate of drug-likeness (QED) is 0.137. The van der Waals surface area contributed by atoms with Gasteiger partial charge in [0.15, 0.2) is 22.4 Å². The molecule has 5 nitrogen and oxygen atoms in total. The van der Waals surface area contributed by atoms with Crippen molar-refractivity contribution >= 4 is 43.9 Å². The lowest BCUT2D eigenvalue weighted by Crippen LogP contribution is -2.56. The molecule has 0 fully saturated rings. The van der Waals surface area contributed by atoms with E-state index in [1.807, 2.05) is 23.1 Å². The average molecular weight is 519 g/mol. The van der Waals surface area contributed by atoms with Crippen LogP contribution in [0.2, 0.25) is 0 Å². The molecule has 0 bridgehead atoms. The van der Waals surface area contributed by atoms with E-state index in [1.165, 1.54) is 16.4 Å². The van der Waals surface area contributed by atoms with Crippen LogP contribution in [-0.2, 0) is 5.54 Å². The summed E-state index contributed by atoms with van der Waals surface area (Å²) in [7, 11) is 0. The summed E-state index contributed by atoms with van der Waals surface area (Å²) < 4.78 is 6.75. The third-order valence-corrected chi connectivity index (χ3v) is 8.85. The van der Waals surface area contributed by atoms with Crippen molar-refractivity contribution in [1.29, 1.82) is 0 Å². The van der Waals surface area contributed by atoms with Crippen molar-refractivity contribution in [2.45, 2.75) is 25.8 Å². The molecular weight excluding hydrogens is 490 g/mol. The maximum Gasteiger partial charge on any atom is 0.297 e. The van der Waals surface area contributed by atoms with Gasteiger partial charge in [-0.2, -0.15) is 4.40 Å². The smallest absolute Gasteiger partial charge is 0.220 e. The standard InChI is InChI=1S/C35H28N5/c1-5-35(6-2)23(4)24-19-20-26(33-36-21-38(37-33)27-15-9-7-13-22(27)3)31-25-14-8-10-16-28(25)39-29-17-11-12-18-30(29)40(35)34(39)32(24)31/h5,7-21H,1,4,6H2,2-3H3/q+1/t35-/m0/s1. The third-order valence-electron chi connectivity index (χ3n) is 8.85. The Hall–Kier alpha value is -5.03. The second kappa shape index (κ2) is 7.99. The predicted octanol–water partition coefficient (Wildman–Crippen LogP) is 7.56. The number of aromatic nitrogens is 5. The highest BCUT2D eigenvalue weighted by molar-refractivity contribution is 6.21. The molecule has 0 saturated carbocycles. The Kier molecular flexibility index (Phi) is 4.58. The van der Waals surface area contributed by atoms with Gasteiger partial charge in [-0.15, -0.1) is 5.10 Å². The highest BCUT2D eigenvalue weighted by Gasteiger charge is 2.46. The van der Waals surface area contributed by atoms with E-state index >= 15 is 0 Å². The summed E-state index contributed by atoms with van der Waals surface area (Å²) in [6, 6.07) is 29.9. The van der Waals surface area contributed by atoms with Crippen molar-refractivity contribution in [3.8, 4) is 17.1 Å². The van der Waals surface area contributed by atoms with E-state index in [4.69, 9.17) is 16.7 Å². The van der Waals surface area contributed by atoms with Gasteiger partial charge in [-0.05, 0) is 60.9 Å². The van der Waals surface area contributed by atoms with E-state index < -0.39 is 5.54 Å². The van der Waals surface area contributed by atoms with Crippen LogP contribution in [0, 0.1) is 6.92 Å². The molecule has 0 saturated heterocycles. The van der Waals surface area contributed by atoms with Crippen molar-refractivity contribution < 1.29 is 4.57 Å². The van der Waals surface area contributed by atoms with Crippen molar-refractivity contribution in [1.82, 2.24) is 19.2 Å². The molecule has 0 aliphatic carbocycles. The number of allylic oxidation sites excluding steroid dienone is 2. The number of rotatable bonds is 4. The summed E-state index contributed by atoms with van der Waals surface area (Å²) in [5, 5.41) is 8.48. The zero-order valence-electron chi connectivity index (χ0n) is 22.6. The van der Waals surface area contributed by atoms with Crippen LogP contribution >= 0.6 is 0 Å². The van der Waals surface area contributed by atoms with Crippen molar-refractivity contribution in [2.24, 2.45) is 0 Å². The molecule has 4 heterocycles. The van der Waals surface area contributed by atoms with E-state index in [0.29, 0.717) is 5.82 Å². The molecule has 0 N–H and O–H groups in total. The van der Waals surface area contributed by atoms with Gasteiger partial charge >= 0.3 is 0 Å². The minimum atomic E-state index is -0.442. The number of benzene rings is 4. The molecule has 0 amide bonds. The van der Waals surface area contributed by atoms with Gasteiger partial charge in [0, 0.05) is 21.9 Å². The van der Waals surface area contributed by atoms with Crippen LogP contribution in [0.5, 0.6) is 0 Å². The fraction of sp³-hybridized carbons (Fsp3) is 0.114. The number of hydrogen-bond donors (Lipinski definition) is 0. The van der Waals surface area contributed by atoms with Crippen LogP contribution in [0.15, 0.2) is 110 Å². The van der Waals surface area contributed by atoms with Crippen molar-refractivity contribution in [2.75, 3.05) is 0 Å². The van der Waals surface area contributed by atoms with Gasteiger partial charge in [0.25, 0.3) is 5.65 Å². The Morgan fingerprint density at radius 3 is 2.40 bits per heavy atom. The van der Waals surface area contributed by atoms with Gasteiger partial charge in [-0.25, -0.2) is 14.2 Å². The van der Waals surface area contributed by atoms with Gasteiger partial charge in [0.05, 0.1) is 11.1 Å². The average Bonchev–Trinajstić information content (AvgIpc) is 3.62. The normalized spacial score (nSPS) is 16.6. The van der Waals surface area contributed by atoms with E-state index in [-0.39, 0.29) is 0 Å². The molecule has 1 atom stereocenters. The zero-order chi connectivity index (χ0) is 27.2. The molecule has 1 aliphatic rings. The van der Waals surface area contributed by atoms with Gasteiger partial charge in [-0.1, -0.05) is 74.7 Å². The predicted molar refractivity (Wildman–Crippen MR) is 163 cm³/mol. The first-order valence-electron chi connectivity index (χ1n) is 13.7. The summed E-state index contributed by atoms with van der Waals surface area (Å²) in [5.41, 5.74) is 9.60. The van der Waals surface area contributed by atoms with Crippen LogP contribution in [-0.4, -0.2) is 19.2 Å². The number of hydrogen-bond acceptors (Lipinski definition) is 2. The first-order valence-corrected chi connectivity index (χ1v) is 13.7. The minimum Gasteiger partial charge on any atom is -0.220 e. The Bertz CT molecular complexity index is 2210. The second-order valence-electron chi connectivity index (χ2n) is 10.7. The summed E-state index contributed by atoms with van der Waals surface area (Å²) in [4.78, 5) is 4.83. The summed E-state index contributed by atoms with van der Waals surface area (Å²) in [6.07, 6.45) is 4.74. The molecule has 192 valence electrons. The number of imidazole rings is 1. The molecule has 5 heteroatoms. The Morgan fingerprint density at radius 1 is 0.875 bits per heavy atom. The van der Waals surface area contributed by atoms with Crippen molar-refractivity contribution in [3.63, 3.8) is 0 Å². The maximum atomic E-state index is 4.99.